The monoisotopic (exact) mass is 257 g/mol. The first kappa shape index (κ1) is 11.1. The Hall–Kier alpha value is -3.03. The third kappa shape index (κ3) is 2.06. The summed E-state index contributed by atoms with van der Waals surface area (Å²) in [5, 5.41) is 10.5. The molecule has 1 aromatic carbocycles. The fourth-order valence-corrected chi connectivity index (χ4v) is 1.57. The van der Waals surface area contributed by atoms with Crippen LogP contribution in [0.1, 0.15) is 0 Å². The highest BCUT2D eigenvalue weighted by Crippen LogP contribution is 2.25. The minimum Gasteiger partial charge on any atom is -0.437 e. The van der Waals surface area contributed by atoms with Crippen molar-refractivity contribution in [3.8, 4) is 11.6 Å². The van der Waals surface area contributed by atoms with Gasteiger partial charge in [-0.3, -0.25) is 10.1 Å². The van der Waals surface area contributed by atoms with Gasteiger partial charge in [-0.15, -0.1) is 0 Å². The highest BCUT2D eigenvalue weighted by atomic mass is 16.6. The molecule has 0 radical (unpaired) electrons. The average molecular weight is 257 g/mol. The van der Waals surface area contributed by atoms with E-state index >= 15 is 0 Å². The summed E-state index contributed by atoms with van der Waals surface area (Å²) in [5.41, 5.74) is 1.06. The molecule has 2 aromatic heterocycles. The molecule has 8 nitrogen and oxygen atoms in total. The summed E-state index contributed by atoms with van der Waals surface area (Å²) in [6, 6.07) is 5.73. The van der Waals surface area contributed by atoms with Crippen molar-refractivity contribution in [2.75, 3.05) is 0 Å². The van der Waals surface area contributed by atoms with Crippen LogP contribution in [0, 0.1) is 10.1 Å². The van der Waals surface area contributed by atoms with E-state index in [1.807, 2.05) is 0 Å². The van der Waals surface area contributed by atoms with E-state index in [0.29, 0.717) is 22.8 Å². The van der Waals surface area contributed by atoms with Crippen molar-refractivity contribution >= 4 is 16.9 Å². The molecule has 0 spiro atoms. The highest BCUT2D eigenvalue weighted by molar-refractivity contribution is 5.75. The van der Waals surface area contributed by atoms with E-state index in [2.05, 4.69) is 19.9 Å². The summed E-state index contributed by atoms with van der Waals surface area (Å²) in [6.45, 7) is 0. The van der Waals surface area contributed by atoms with Gasteiger partial charge in [-0.05, 0) is 12.1 Å². The number of fused-ring (bicyclic) bond motifs is 1. The number of hydrogen-bond donors (Lipinski definition) is 1. The van der Waals surface area contributed by atoms with E-state index in [-0.39, 0.29) is 5.69 Å². The Morgan fingerprint density at radius 2 is 1.95 bits per heavy atom. The van der Waals surface area contributed by atoms with E-state index < -0.39 is 4.92 Å². The molecule has 0 aliphatic carbocycles. The maximum Gasteiger partial charge on any atom is 0.269 e. The summed E-state index contributed by atoms with van der Waals surface area (Å²) in [4.78, 5) is 24.9. The average Bonchev–Trinajstić information content (AvgIpc) is 2.89. The Balaban J connectivity index is 1.92. The zero-order valence-electron chi connectivity index (χ0n) is 9.48. The van der Waals surface area contributed by atoms with Crippen LogP contribution in [0.25, 0.3) is 11.2 Å². The van der Waals surface area contributed by atoms with Crippen LogP contribution in [0.4, 0.5) is 5.69 Å². The summed E-state index contributed by atoms with van der Waals surface area (Å²) >= 11 is 0. The van der Waals surface area contributed by atoms with Gasteiger partial charge in [0, 0.05) is 12.1 Å². The van der Waals surface area contributed by atoms with Crippen LogP contribution in [0.15, 0.2) is 36.9 Å². The van der Waals surface area contributed by atoms with Crippen molar-refractivity contribution in [2.24, 2.45) is 0 Å². The number of hydrogen-bond acceptors (Lipinski definition) is 6. The zero-order chi connectivity index (χ0) is 13.2. The number of nitro benzene ring substituents is 1. The maximum atomic E-state index is 10.5. The minimum absolute atomic E-state index is 0.00160. The minimum atomic E-state index is -0.471. The quantitative estimate of drug-likeness (QED) is 0.568. The molecule has 8 heteroatoms. The number of nitrogens with one attached hydrogen (secondary N) is 1. The molecule has 0 saturated heterocycles. The van der Waals surface area contributed by atoms with Gasteiger partial charge in [-0.2, -0.15) is 4.98 Å². The Bertz CT molecular complexity index is 737. The maximum absolute atomic E-state index is 10.5. The molecule has 0 atom stereocenters. The Morgan fingerprint density at radius 3 is 2.68 bits per heavy atom. The SMILES string of the molecule is O=[N+]([O-])c1ccc(Oc2ncnc3nc[nH]c23)cc1. The molecule has 19 heavy (non-hydrogen) atoms. The number of H-pyrrole nitrogens is 1. The van der Waals surface area contributed by atoms with Crippen LogP contribution in [0.5, 0.6) is 11.6 Å². The molecule has 3 rings (SSSR count). The van der Waals surface area contributed by atoms with Gasteiger partial charge in [-0.25, -0.2) is 9.97 Å². The number of aromatic amines is 1. The van der Waals surface area contributed by atoms with Crippen molar-refractivity contribution in [1.29, 1.82) is 0 Å². The van der Waals surface area contributed by atoms with E-state index in [0.717, 1.165) is 0 Å². The lowest BCUT2D eigenvalue weighted by Crippen LogP contribution is -1.92. The number of nitrogens with zero attached hydrogens (tertiary/aromatic N) is 4. The smallest absolute Gasteiger partial charge is 0.269 e. The molecule has 0 amide bonds. The lowest BCUT2D eigenvalue weighted by Gasteiger charge is -2.04. The van der Waals surface area contributed by atoms with Crippen LogP contribution < -0.4 is 4.74 Å². The van der Waals surface area contributed by atoms with E-state index in [1.165, 1.54) is 36.9 Å². The van der Waals surface area contributed by atoms with Crippen LogP contribution in [0.2, 0.25) is 0 Å². The van der Waals surface area contributed by atoms with Crippen molar-refractivity contribution in [2.45, 2.75) is 0 Å². The second kappa shape index (κ2) is 4.33. The fraction of sp³-hybridized carbons (Fsp3) is 0. The van der Waals surface area contributed by atoms with Gasteiger partial charge in [0.1, 0.15) is 17.6 Å². The van der Waals surface area contributed by atoms with Crippen molar-refractivity contribution in [3.05, 3.63) is 47.0 Å². The van der Waals surface area contributed by atoms with Gasteiger partial charge in [-0.1, -0.05) is 0 Å². The number of non-ortho nitro benzene ring substituents is 1. The highest BCUT2D eigenvalue weighted by Gasteiger charge is 2.09. The number of imidazole rings is 1. The normalized spacial score (nSPS) is 10.5. The predicted molar refractivity (Wildman–Crippen MR) is 64.9 cm³/mol. The van der Waals surface area contributed by atoms with Crippen molar-refractivity contribution < 1.29 is 9.66 Å². The van der Waals surface area contributed by atoms with Crippen LogP contribution >= 0.6 is 0 Å². The summed E-state index contributed by atoms with van der Waals surface area (Å²) in [6.07, 6.45) is 2.83. The van der Waals surface area contributed by atoms with Gasteiger partial charge >= 0.3 is 0 Å². The third-order valence-electron chi connectivity index (χ3n) is 2.45. The topological polar surface area (TPSA) is 107 Å². The van der Waals surface area contributed by atoms with E-state index in [9.17, 15) is 10.1 Å². The molecule has 1 N–H and O–H groups in total. The number of nitro groups is 1. The van der Waals surface area contributed by atoms with Crippen LogP contribution in [0.3, 0.4) is 0 Å². The van der Waals surface area contributed by atoms with E-state index in [1.54, 1.807) is 0 Å². The molecule has 2 heterocycles. The van der Waals surface area contributed by atoms with Gasteiger partial charge in [0.25, 0.3) is 5.69 Å². The third-order valence-corrected chi connectivity index (χ3v) is 2.45. The Labute approximate surface area is 106 Å². The standard InChI is InChI=1S/C11H7N5O3/c17-16(18)7-1-3-8(4-2-7)19-11-9-10(13-5-12-9)14-6-15-11/h1-6H,(H,12,13,14,15). The summed E-state index contributed by atoms with van der Waals surface area (Å²) in [5.74, 6) is 0.761. The zero-order valence-corrected chi connectivity index (χ0v) is 9.48. The molecular weight excluding hydrogens is 250 g/mol. The first-order chi connectivity index (χ1) is 9.24. The molecule has 0 aliphatic rings. The molecule has 0 unspecified atom stereocenters. The molecule has 0 bridgehead atoms. The number of aromatic nitrogens is 4. The van der Waals surface area contributed by atoms with Gasteiger partial charge in [0.15, 0.2) is 5.65 Å². The van der Waals surface area contributed by atoms with Gasteiger partial charge in [0.05, 0.1) is 11.3 Å². The van der Waals surface area contributed by atoms with Crippen LogP contribution in [-0.4, -0.2) is 24.9 Å². The number of rotatable bonds is 3. The lowest BCUT2D eigenvalue weighted by atomic mass is 10.3. The van der Waals surface area contributed by atoms with E-state index in [4.69, 9.17) is 4.74 Å². The molecular formula is C11H7N5O3. The Morgan fingerprint density at radius 1 is 1.16 bits per heavy atom. The van der Waals surface area contributed by atoms with Gasteiger partial charge < -0.3 is 9.72 Å². The Kier molecular flexibility index (Phi) is 2.53. The summed E-state index contributed by atoms with van der Waals surface area (Å²) < 4.78 is 5.54. The number of benzene rings is 1. The second-order valence-electron chi connectivity index (χ2n) is 3.63. The first-order valence-corrected chi connectivity index (χ1v) is 5.30. The molecule has 0 saturated carbocycles. The molecule has 0 fully saturated rings. The largest absolute Gasteiger partial charge is 0.437 e. The molecule has 0 aliphatic heterocycles. The van der Waals surface area contributed by atoms with Crippen molar-refractivity contribution in [3.63, 3.8) is 0 Å². The first-order valence-electron chi connectivity index (χ1n) is 5.30. The fourth-order valence-electron chi connectivity index (χ4n) is 1.57. The predicted octanol–water partition coefficient (Wildman–Crippen LogP) is 2.05. The van der Waals surface area contributed by atoms with Crippen LogP contribution in [-0.2, 0) is 0 Å². The molecule has 3 aromatic rings. The van der Waals surface area contributed by atoms with Gasteiger partial charge in [0.2, 0.25) is 5.88 Å². The number of ether oxygens (including phenoxy) is 1. The summed E-state index contributed by atoms with van der Waals surface area (Å²) in [7, 11) is 0. The lowest BCUT2D eigenvalue weighted by molar-refractivity contribution is -0.384. The van der Waals surface area contributed by atoms with Crippen molar-refractivity contribution in [1.82, 2.24) is 19.9 Å². The molecule has 94 valence electrons. The second-order valence-corrected chi connectivity index (χ2v) is 3.63.